The molecular weight excluding hydrogens is 483 g/mol. The van der Waals surface area contributed by atoms with Gasteiger partial charge in [0.15, 0.2) is 17.7 Å². The highest BCUT2D eigenvalue weighted by atomic mass is 19.4. The second-order valence-corrected chi connectivity index (χ2v) is 11.4. The van der Waals surface area contributed by atoms with Gasteiger partial charge in [-0.1, -0.05) is 25.1 Å². The van der Waals surface area contributed by atoms with E-state index in [1.54, 1.807) is 6.92 Å². The van der Waals surface area contributed by atoms with Gasteiger partial charge in [0.05, 0.1) is 23.9 Å². The van der Waals surface area contributed by atoms with Gasteiger partial charge in [0, 0.05) is 22.3 Å². The maximum absolute atomic E-state index is 17.1. The van der Waals surface area contributed by atoms with Crippen LogP contribution in [0.15, 0.2) is 48.1 Å². The number of aliphatic hydroxyl groups is 1. The molecule has 4 nitrogen and oxygen atoms in total. The Kier molecular flexibility index (Phi) is 5.04. The Hall–Kier alpha value is -2.10. The second kappa shape index (κ2) is 7.48. The van der Waals surface area contributed by atoms with Gasteiger partial charge in [0.2, 0.25) is 0 Å². The number of fused-ring (bicyclic) bond motifs is 7. The smallest absolute Gasteiger partial charge is 0.390 e. The van der Waals surface area contributed by atoms with E-state index in [0.717, 1.165) is 18.2 Å². The topological polar surface area (TPSA) is 55.8 Å². The fourth-order valence-corrected chi connectivity index (χ4v) is 7.83. The summed E-state index contributed by atoms with van der Waals surface area (Å²) in [5, 5.41) is 11.3. The van der Waals surface area contributed by atoms with E-state index in [0.29, 0.717) is 12.0 Å². The van der Waals surface area contributed by atoms with Crippen LogP contribution in [0.3, 0.4) is 0 Å². The van der Waals surface area contributed by atoms with E-state index >= 15 is 8.78 Å². The number of carbonyl (C=O) groups is 1. The number of ketones is 1. The maximum Gasteiger partial charge on any atom is 0.416 e. The number of rotatable bonds is 1. The molecule has 1 aliphatic heterocycles. The molecule has 1 heterocycles. The Morgan fingerprint density at radius 2 is 1.75 bits per heavy atom. The van der Waals surface area contributed by atoms with E-state index in [1.165, 1.54) is 24.3 Å². The van der Waals surface area contributed by atoms with Crippen LogP contribution in [0.25, 0.3) is 0 Å². The first kappa shape index (κ1) is 24.2. The van der Waals surface area contributed by atoms with Crippen molar-refractivity contribution >= 4 is 5.78 Å². The zero-order chi connectivity index (χ0) is 25.8. The molecule has 1 aromatic rings. The maximum atomic E-state index is 17.1. The van der Waals surface area contributed by atoms with Gasteiger partial charge in [0.25, 0.3) is 0 Å². The molecule has 6 rings (SSSR count). The molecule has 0 amide bonds. The predicted molar refractivity (Wildman–Crippen MR) is 118 cm³/mol. The van der Waals surface area contributed by atoms with Gasteiger partial charge in [-0.15, -0.1) is 0 Å². The van der Waals surface area contributed by atoms with Crippen molar-refractivity contribution in [2.24, 2.45) is 22.7 Å². The largest absolute Gasteiger partial charge is 0.416 e. The van der Waals surface area contributed by atoms with Crippen molar-refractivity contribution < 1.29 is 41.3 Å². The third-order valence-corrected chi connectivity index (χ3v) is 9.62. The molecule has 0 spiro atoms. The summed E-state index contributed by atoms with van der Waals surface area (Å²) >= 11 is 0. The summed E-state index contributed by atoms with van der Waals surface area (Å²) in [6.45, 7) is 3.45. The molecule has 0 aromatic heterocycles. The number of carbonyl (C=O) groups excluding carboxylic acids is 1. The summed E-state index contributed by atoms with van der Waals surface area (Å²) < 4.78 is 83.6. The molecule has 9 heteroatoms. The van der Waals surface area contributed by atoms with Crippen LogP contribution >= 0.6 is 0 Å². The Morgan fingerprint density at radius 1 is 1.06 bits per heavy atom. The number of aliphatic hydroxyl groups excluding tert-OH is 1. The van der Waals surface area contributed by atoms with E-state index in [1.807, 2.05) is 6.92 Å². The Balaban J connectivity index is 1.30. The van der Waals surface area contributed by atoms with Crippen LogP contribution in [0.1, 0.15) is 50.5 Å². The number of benzene rings is 1. The zero-order valence-corrected chi connectivity index (χ0v) is 19.8. The van der Waals surface area contributed by atoms with Crippen molar-refractivity contribution in [2.45, 2.75) is 75.7 Å². The third-order valence-electron chi connectivity index (χ3n) is 9.62. The molecule has 0 radical (unpaired) electrons. The summed E-state index contributed by atoms with van der Waals surface area (Å²) in [7, 11) is 0. The Morgan fingerprint density at radius 3 is 2.42 bits per heavy atom. The first-order chi connectivity index (χ1) is 16.8. The molecule has 3 saturated carbocycles. The number of hydrogen-bond donors (Lipinski definition) is 1. The van der Waals surface area contributed by atoms with Crippen LogP contribution < -0.4 is 0 Å². The normalized spacial score (nSPS) is 47.6. The van der Waals surface area contributed by atoms with Crippen molar-refractivity contribution in [1.29, 1.82) is 0 Å². The molecule has 1 N–H and O–H groups in total. The summed E-state index contributed by atoms with van der Waals surface area (Å²) in [6, 6.07) is 4.58. The van der Waals surface area contributed by atoms with Gasteiger partial charge >= 0.3 is 6.18 Å². The van der Waals surface area contributed by atoms with Crippen LogP contribution in [-0.2, 0) is 20.4 Å². The fourth-order valence-electron chi connectivity index (χ4n) is 7.83. The van der Waals surface area contributed by atoms with Crippen LogP contribution in [0, 0.1) is 22.7 Å². The van der Waals surface area contributed by atoms with Gasteiger partial charge in [-0.2, -0.15) is 13.2 Å². The molecule has 0 bridgehead atoms. The van der Waals surface area contributed by atoms with Crippen molar-refractivity contribution in [1.82, 2.24) is 0 Å². The SMILES string of the molecule is C[C@]12C=CC(=O)C=C1[C@@H](F)C[C@H]1[C@@H]3C[C@H]4OC(c5ccc(C(F)(F)F)cc5)OC4[C@@]3(C)C[C@H](O)[C@@]12F. The van der Waals surface area contributed by atoms with Crippen LogP contribution in [0.2, 0.25) is 0 Å². The predicted octanol–water partition coefficient (Wildman–Crippen LogP) is 5.42. The monoisotopic (exact) mass is 510 g/mol. The average Bonchev–Trinajstić information content (AvgIpc) is 3.35. The van der Waals surface area contributed by atoms with E-state index in [4.69, 9.17) is 9.47 Å². The summed E-state index contributed by atoms with van der Waals surface area (Å²) in [5.74, 6) is -1.57. The number of allylic oxidation sites excluding steroid dienone is 4. The summed E-state index contributed by atoms with van der Waals surface area (Å²) in [4.78, 5) is 11.9. The standard InChI is InChI=1S/C27H27F5O4/c1-24-12-21(34)26(29)17(10-19(28)18-9-15(33)7-8-25(18,26)2)16(24)11-20-22(24)36-23(35-20)13-3-5-14(6-4-13)27(30,31)32/h3-9,16-17,19-23,34H,10-12H2,1-2H3/t16-,17-,19-,20+,21-,22?,23?,24-,25-,26-/m0/s1. The van der Waals surface area contributed by atoms with E-state index < -0.39 is 70.7 Å². The van der Waals surface area contributed by atoms with Crippen molar-refractivity contribution in [3.63, 3.8) is 0 Å². The molecule has 1 saturated heterocycles. The average molecular weight is 510 g/mol. The van der Waals surface area contributed by atoms with E-state index in [-0.39, 0.29) is 24.3 Å². The lowest BCUT2D eigenvalue weighted by Gasteiger charge is -2.62. The van der Waals surface area contributed by atoms with Crippen molar-refractivity contribution in [3.8, 4) is 0 Å². The molecule has 4 fully saturated rings. The minimum absolute atomic E-state index is 0.0521. The minimum atomic E-state index is -4.45. The molecule has 5 aliphatic rings. The Bertz CT molecular complexity index is 1160. The molecule has 194 valence electrons. The molecule has 36 heavy (non-hydrogen) atoms. The lowest BCUT2D eigenvalue weighted by molar-refractivity contribution is -0.217. The van der Waals surface area contributed by atoms with Crippen LogP contribution in [0.4, 0.5) is 22.0 Å². The minimum Gasteiger partial charge on any atom is -0.390 e. The highest BCUT2D eigenvalue weighted by molar-refractivity contribution is 6.01. The first-order valence-corrected chi connectivity index (χ1v) is 12.2. The molecule has 1 aromatic carbocycles. The number of ether oxygens (including phenoxy) is 2. The lowest BCUT2D eigenvalue weighted by Crippen LogP contribution is -2.68. The van der Waals surface area contributed by atoms with Gasteiger partial charge in [-0.25, -0.2) is 8.78 Å². The van der Waals surface area contributed by atoms with Gasteiger partial charge in [-0.05, 0) is 62.0 Å². The second-order valence-electron chi connectivity index (χ2n) is 11.4. The highest BCUT2D eigenvalue weighted by Crippen LogP contribution is 2.69. The molecular formula is C27H27F5O4. The van der Waals surface area contributed by atoms with Gasteiger partial charge < -0.3 is 14.6 Å². The van der Waals surface area contributed by atoms with E-state index in [9.17, 15) is 23.1 Å². The number of alkyl halides is 5. The van der Waals surface area contributed by atoms with Gasteiger partial charge in [-0.3, -0.25) is 4.79 Å². The molecule has 2 unspecified atom stereocenters. The van der Waals surface area contributed by atoms with Crippen LogP contribution in [0.5, 0.6) is 0 Å². The van der Waals surface area contributed by atoms with E-state index in [2.05, 4.69) is 0 Å². The summed E-state index contributed by atoms with van der Waals surface area (Å²) in [6.07, 6.45) is -5.20. The number of hydrogen-bond acceptors (Lipinski definition) is 4. The fraction of sp³-hybridized carbons (Fsp3) is 0.593. The van der Waals surface area contributed by atoms with Crippen LogP contribution in [-0.4, -0.2) is 41.0 Å². The third kappa shape index (κ3) is 3.05. The number of halogens is 5. The molecule has 4 aliphatic carbocycles. The summed E-state index contributed by atoms with van der Waals surface area (Å²) in [5.41, 5.74) is -4.61. The lowest BCUT2D eigenvalue weighted by atomic mass is 9.45. The highest BCUT2D eigenvalue weighted by Gasteiger charge is 2.74. The molecule has 10 atom stereocenters. The zero-order valence-electron chi connectivity index (χ0n) is 19.8. The van der Waals surface area contributed by atoms with Crippen molar-refractivity contribution in [2.75, 3.05) is 0 Å². The first-order valence-electron chi connectivity index (χ1n) is 12.2. The van der Waals surface area contributed by atoms with Crippen molar-refractivity contribution in [3.05, 3.63) is 59.2 Å². The Labute approximate surface area is 205 Å². The van der Waals surface area contributed by atoms with Gasteiger partial charge in [0.1, 0.15) is 6.17 Å². The quantitative estimate of drug-likeness (QED) is 0.513.